The smallest absolute Gasteiger partial charge is 0.338 e. The number of esters is 1. The number of hydrogen-bond acceptors (Lipinski definition) is 4. The first kappa shape index (κ1) is 17.6. The summed E-state index contributed by atoms with van der Waals surface area (Å²) in [5.74, 6) is -0.256. The lowest BCUT2D eigenvalue weighted by molar-refractivity contribution is 0.0466. The number of benzene rings is 2. The quantitative estimate of drug-likeness (QED) is 0.674. The molecular weight excluding hydrogens is 306 g/mol. The molecule has 0 aliphatic heterocycles. The number of ether oxygens (including phenoxy) is 1. The van der Waals surface area contributed by atoms with E-state index in [-0.39, 0.29) is 5.97 Å². The van der Waals surface area contributed by atoms with Crippen LogP contribution < -0.4 is 0 Å². The molecule has 23 heavy (non-hydrogen) atoms. The van der Waals surface area contributed by atoms with Gasteiger partial charge in [-0.1, -0.05) is 43.8 Å². The first-order valence-electron chi connectivity index (χ1n) is 7.95. The molecule has 2 aromatic rings. The van der Waals surface area contributed by atoms with Crippen LogP contribution in [0.15, 0.2) is 64.4 Å². The number of nitrogens with zero attached hydrogens (tertiary/aromatic N) is 1. The zero-order valence-corrected chi connectivity index (χ0v) is 14.5. The highest BCUT2D eigenvalue weighted by molar-refractivity contribution is 7.99. The van der Waals surface area contributed by atoms with Crippen molar-refractivity contribution in [2.24, 2.45) is 0 Å². The van der Waals surface area contributed by atoms with E-state index in [0.717, 1.165) is 24.5 Å². The van der Waals surface area contributed by atoms with E-state index >= 15 is 0 Å². The lowest BCUT2D eigenvalue weighted by atomic mass is 10.2. The topological polar surface area (TPSA) is 29.5 Å². The lowest BCUT2D eigenvalue weighted by Gasteiger charge is -2.17. The molecule has 0 radical (unpaired) electrons. The predicted molar refractivity (Wildman–Crippen MR) is 95.1 cm³/mol. The van der Waals surface area contributed by atoms with Gasteiger partial charge in [0.25, 0.3) is 0 Å². The lowest BCUT2D eigenvalue weighted by Crippen LogP contribution is -2.27. The van der Waals surface area contributed by atoms with E-state index < -0.39 is 0 Å². The highest BCUT2D eigenvalue weighted by Gasteiger charge is 2.08. The fourth-order valence-electron chi connectivity index (χ4n) is 2.17. The maximum Gasteiger partial charge on any atom is 0.338 e. The fraction of sp³-hybridized carbons (Fsp3) is 0.316. The molecule has 2 aromatic carbocycles. The van der Waals surface area contributed by atoms with Gasteiger partial charge in [-0.05, 0) is 49.5 Å². The molecule has 3 nitrogen and oxygen atoms in total. The number of carbonyl (C=O) groups excluding carboxylic acids is 1. The van der Waals surface area contributed by atoms with Gasteiger partial charge in [-0.25, -0.2) is 4.79 Å². The highest BCUT2D eigenvalue weighted by atomic mass is 32.2. The molecule has 0 spiro atoms. The van der Waals surface area contributed by atoms with Crippen molar-refractivity contribution in [2.45, 2.75) is 23.6 Å². The van der Waals surface area contributed by atoms with E-state index in [1.165, 1.54) is 4.90 Å². The van der Waals surface area contributed by atoms with E-state index in [2.05, 4.69) is 30.9 Å². The molecule has 0 saturated heterocycles. The number of rotatable bonds is 8. The molecule has 0 heterocycles. The Kier molecular flexibility index (Phi) is 7.17. The summed E-state index contributed by atoms with van der Waals surface area (Å²) < 4.78 is 5.33. The predicted octanol–water partition coefficient (Wildman–Crippen LogP) is 4.34. The fourth-order valence-corrected chi connectivity index (χ4v) is 3.01. The Morgan fingerprint density at radius 2 is 1.57 bits per heavy atom. The van der Waals surface area contributed by atoms with Gasteiger partial charge in [-0.15, -0.1) is 0 Å². The van der Waals surface area contributed by atoms with Crippen molar-refractivity contribution in [3.05, 3.63) is 60.2 Å². The third-order valence-corrected chi connectivity index (χ3v) is 4.62. The highest BCUT2D eigenvalue weighted by Crippen LogP contribution is 2.27. The second-order valence-corrected chi connectivity index (χ2v) is 6.25. The summed E-state index contributed by atoms with van der Waals surface area (Å²) >= 11 is 1.68. The molecule has 0 amide bonds. The normalized spacial score (nSPS) is 10.7. The molecule has 4 heteroatoms. The second-order valence-electron chi connectivity index (χ2n) is 5.10. The van der Waals surface area contributed by atoms with Crippen LogP contribution in [0.1, 0.15) is 24.2 Å². The van der Waals surface area contributed by atoms with Gasteiger partial charge in [-0.3, -0.25) is 0 Å². The van der Waals surface area contributed by atoms with E-state index in [9.17, 15) is 4.79 Å². The Labute approximate surface area is 142 Å². The SMILES string of the molecule is CCN(CC)CCOC(=O)c1ccc(Sc2ccccc2)cc1. The Balaban J connectivity index is 1.85. The summed E-state index contributed by atoms with van der Waals surface area (Å²) in [5.41, 5.74) is 0.599. The van der Waals surface area contributed by atoms with Crippen LogP contribution >= 0.6 is 11.8 Å². The van der Waals surface area contributed by atoms with Gasteiger partial charge in [0, 0.05) is 16.3 Å². The van der Waals surface area contributed by atoms with Crippen LogP contribution in [0.3, 0.4) is 0 Å². The van der Waals surface area contributed by atoms with Crippen molar-refractivity contribution in [3.63, 3.8) is 0 Å². The maximum absolute atomic E-state index is 12.0. The molecule has 0 aromatic heterocycles. The number of carbonyl (C=O) groups is 1. The van der Waals surface area contributed by atoms with E-state index in [0.29, 0.717) is 12.2 Å². The van der Waals surface area contributed by atoms with Crippen molar-refractivity contribution in [3.8, 4) is 0 Å². The van der Waals surface area contributed by atoms with Crippen LogP contribution in [-0.2, 0) is 4.74 Å². The van der Waals surface area contributed by atoms with Gasteiger partial charge < -0.3 is 9.64 Å². The van der Waals surface area contributed by atoms with Crippen LogP contribution in [0.25, 0.3) is 0 Å². The minimum Gasteiger partial charge on any atom is -0.461 e. The van der Waals surface area contributed by atoms with Gasteiger partial charge in [-0.2, -0.15) is 0 Å². The number of hydrogen-bond donors (Lipinski definition) is 0. The van der Waals surface area contributed by atoms with Gasteiger partial charge in [0.15, 0.2) is 0 Å². The second kappa shape index (κ2) is 9.38. The minimum atomic E-state index is -0.256. The van der Waals surface area contributed by atoms with Crippen LogP contribution in [-0.4, -0.2) is 37.1 Å². The van der Waals surface area contributed by atoms with Crippen molar-refractivity contribution in [2.75, 3.05) is 26.2 Å². The molecule has 0 unspecified atom stereocenters. The summed E-state index contributed by atoms with van der Waals surface area (Å²) in [4.78, 5) is 16.5. The Morgan fingerprint density at radius 3 is 2.17 bits per heavy atom. The molecule has 0 N–H and O–H groups in total. The van der Waals surface area contributed by atoms with E-state index in [1.54, 1.807) is 11.8 Å². The van der Waals surface area contributed by atoms with Crippen LogP contribution in [0.4, 0.5) is 0 Å². The Bertz CT molecular complexity index is 595. The van der Waals surface area contributed by atoms with Gasteiger partial charge in [0.2, 0.25) is 0 Å². The summed E-state index contributed by atoms with van der Waals surface area (Å²) in [6, 6.07) is 17.7. The molecule has 0 aliphatic rings. The third kappa shape index (κ3) is 5.73. The third-order valence-electron chi connectivity index (χ3n) is 3.60. The number of likely N-dealkylation sites (N-methyl/N-ethyl adjacent to an activating group) is 1. The maximum atomic E-state index is 12.0. The van der Waals surface area contributed by atoms with Crippen LogP contribution in [0, 0.1) is 0 Å². The van der Waals surface area contributed by atoms with Crippen molar-refractivity contribution < 1.29 is 9.53 Å². The molecule has 0 saturated carbocycles. The zero-order valence-electron chi connectivity index (χ0n) is 13.7. The standard InChI is InChI=1S/C19H23NO2S/c1-3-20(4-2)14-15-22-19(21)16-10-12-18(13-11-16)23-17-8-6-5-7-9-17/h5-13H,3-4,14-15H2,1-2H3. The minimum absolute atomic E-state index is 0.256. The van der Waals surface area contributed by atoms with Crippen molar-refractivity contribution in [1.82, 2.24) is 4.90 Å². The van der Waals surface area contributed by atoms with Crippen molar-refractivity contribution >= 4 is 17.7 Å². The molecule has 0 aliphatic carbocycles. The molecule has 0 fully saturated rings. The summed E-state index contributed by atoms with van der Waals surface area (Å²) in [5, 5.41) is 0. The monoisotopic (exact) mass is 329 g/mol. The average Bonchev–Trinajstić information content (AvgIpc) is 2.60. The zero-order chi connectivity index (χ0) is 16.5. The Morgan fingerprint density at radius 1 is 0.957 bits per heavy atom. The molecule has 0 bridgehead atoms. The van der Waals surface area contributed by atoms with E-state index in [4.69, 9.17) is 4.74 Å². The van der Waals surface area contributed by atoms with Crippen LogP contribution in [0.2, 0.25) is 0 Å². The molecule has 122 valence electrons. The molecule has 2 rings (SSSR count). The summed E-state index contributed by atoms with van der Waals surface area (Å²) in [6.07, 6.45) is 0. The molecular formula is C19H23NO2S. The van der Waals surface area contributed by atoms with Gasteiger partial charge in [0.05, 0.1) is 5.56 Å². The molecule has 0 atom stereocenters. The largest absolute Gasteiger partial charge is 0.461 e. The van der Waals surface area contributed by atoms with E-state index in [1.807, 2.05) is 42.5 Å². The van der Waals surface area contributed by atoms with Crippen molar-refractivity contribution in [1.29, 1.82) is 0 Å². The first-order valence-corrected chi connectivity index (χ1v) is 8.77. The van der Waals surface area contributed by atoms with Crippen LogP contribution in [0.5, 0.6) is 0 Å². The van der Waals surface area contributed by atoms with Gasteiger partial charge in [0.1, 0.15) is 6.61 Å². The first-order chi connectivity index (χ1) is 11.2. The summed E-state index contributed by atoms with van der Waals surface area (Å²) in [7, 11) is 0. The average molecular weight is 329 g/mol. The van der Waals surface area contributed by atoms with Gasteiger partial charge >= 0.3 is 5.97 Å². The Hall–Kier alpha value is -1.78. The summed E-state index contributed by atoms with van der Waals surface area (Å²) in [6.45, 7) is 7.36.